The van der Waals surface area contributed by atoms with Crippen molar-refractivity contribution in [2.45, 2.75) is 38.1 Å². The Balaban J connectivity index is 1.61. The number of hydrogen-bond donors (Lipinski definition) is 3. The van der Waals surface area contributed by atoms with E-state index in [1.54, 1.807) is 0 Å². The summed E-state index contributed by atoms with van der Waals surface area (Å²) in [7, 11) is 0. The maximum Gasteiger partial charge on any atom is 0.407 e. The van der Waals surface area contributed by atoms with Crippen LogP contribution in [0.2, 0.25) is 0 Å². The third-order valence-electron chi connectivity index (χ3n) is 5.19. The summed E-state index contributed by atoms with van der Waals surface area (Å²) in [5.74, 6) is -1.30. The van der Waals surface area contributed by atoms with Crippen molar-refractivity contribution in [1.82, 2.24) is 10.0 Å². The second-order valence-electron chi connectivity index (χ2n) is 7.28. The minimum Gasteiger partial charge on any atom is -0.466 e. The van der Waals surface area contributed by atoms with E-state index in [1.807, 2.05) is 55.5 Å². The lowest BCUT2D eigenvalue weighted by Gasteiger charge is -2.18. The minimum absolute atomic E-state index is 0.102. The number of benzene rings is 2. The molecule has 8 heteroatoms. The van der Waals surface area contributed by atoms with E-state index < -0.39 is 24.0 Å². The van der Waals surface area contributed by atoms with Gasteiger partial charge in [0.1, 0.15) is 12.6 Å². The number of thiol groups is 1. The highest BCUT2D eigenvalue weighted by Crippen LogP contribution is 2.44. The summed E-state index contributed by atoms with van der Waals surface area (Å²) >= 11 is 3.73. The first-order chi connectivity index (χ1) is 15.0. The molecule has 1 aliphatic rings. The smallest absolute Gasteiger partial charge is 0.407 e. The fourth-order valence-electron chi connectivity index (χ4n) is 3.63. The van der Waals surface area contributed by atoms with Crippen molar-refractivity contribution in [2.24, 2.45) is 0 Å². The van der Waals surface area contributed by atoms with Gasteiger partial charge in [-0.05, 0) is 28.7 Å². The molecule has 0 saturated carbocycles. The summed E-state index contributed by atoms with van der Waals surface area (Å²) < 4.78 is 12.7. The molecular weight excluding hydrogens is 416 g/mol. The molecule has 0 heterocycles. The van der Waals surface area contributed by atoms with Crippen molar-refractivity contribution < 1.29 is 23.9 Å². The number of amides is 2. The number of unbranched alkanes of at least 4 members (excludes halogenated alkanes) is 1. The van der Waals surface area contributed by atoms with Gasteiger partial charge in [-0.2, -0.15) is 0 Å². The molecule has 2 amide bonds. The monoisotopic (exact) mass is 442 g/mol. The van der Waals surface area contributed by atoms with Gasteiger partial charge in [-0.15, -0.1) is 0 Å². The molecular formula is C23H26N2O5S. The van der Waals surface area contributed by atoms with Gasteiger partial charge < -0.3 is 19.5 Å². The normalized spacial score (nSPS) is 13.0. The lowest BCUT2D eigenvalue weighted by Crippen LogP contribution is -2.46. The number of fused-ring (bicyclic) bond motifs is 3. The molecule has 0 saturated heterocycles. The van der Waals surface area contributed by atoms with E-state index in [0.717, 1.165) is 35.1 Å². The van der Waals surface area contributed by atoms with Gasteiger partial charge in [0.05, 0.1) is 13.0 Å². The zero-order valence-corrected chi connectivity index (χ0v) is 18.2. The fourth-order valence-corrected chi connectivity index (χ4v) is 3.78. The molecule has 31 heavy (non-hydrogen) atoms. The van der Waals surface area contributed by atoms with Crippen LogP contribution in [0.3, 0.4) is 0 Å². The Hall–Kier alpha value is -3.00. The minimum atomic E-state index is -1.14. The van der Waals surface area contributed by atoms with Crippen LogP contribution in [0.4, 0.5) is 4.79 Å². The predicted octanol–water partition coefficient (Wildman–Crippen LogP) is 3.59. The SMILES string of the molecule is CCCCOC(=O)C[C@H](NC(=O)OCC1c2ccccc2-c2ccccc21)C(=O)NS. The molecule has 2 aromatic carbocycles. The van der Waals surface area contributed by atoms with Crippen molar-refractivity contribution in [1.29, 1.82) is 0 Å². The Morgan fingerprint density at radius 3 is 2.19 bits per heavy atom. The fraction of sp³-hybridized carbons (Fsp3) is 0.348. The predicted molar refractivity (Wildman–Crippen MR) is 120 cm³/mol. The number of carbonyl (C=O) groups is 3. The average molecular weight is 443 g/mol. The van der Waals surface area contributed by atoms with E-state index in [9.17, 15) is 14.4 Å². The van der Waals surface area contributed by atoms with Crippen LogP contribution in [0.5, 0.6) is 0 Å². The summed E-state index contributed by atoms with van der Waals surface area (Å²) in [6.07, 6.45) is 0.520. The first-order valence-corrected chi connectivity index (χ1v) is 10.7. The molecule has 3 rings (SSSR count). The third-order valence-corrected chi connectivity index (χ3v) is 5.41. The van der Waals surface area contributed by atoms with Crippen molar-refractivity contribution in [2.75, 3.05) is 13.2 Å². The number of ether oxygens (including phenoxy) is 2. The van der Waals surface area contributed by atoms with E-state index in [4.69, 9.17) is 9.47 Å². The van der Waals surface area contributed by atoms with Gasteiger partial charge in [-0.25, -0.2) is 4.79 Å². The summed E-state index contributed by atoms with van der Waals surface area (Å²) in [5.41, 5.74) is 4.41. The topological polar surface area (TPSA) is 93.7 Å². The van der Waals surface area contributed by atoms with Crippen molar-refractivity contribution in [3.8, 4) is 11.1 Å². The van der Waals surface area contributed by atoms with Gasteiger partial charge in [0, 0.05) is 5.92 Å². The van der Waals surface area contributed by atoms with Gasteiger partial charge in [0.25, 0.3) is 5.91 Å². The van der Waals surface area contributed by atoms with Gasteiger partial charge in [0.2, 0.25) is 0 Å². The van der Waals surface area contributed by atoms with Crippen LogP contribution < -0.4 is 10.0 Å². The lowest BCUT2D eigenvalue weighted by atomic mass is 9.98. The van der Waals surface area contributed by atoms with Crippen molar-refractivity contribution in [3.63, 3.8) is 0 Å². The Kier molecular flexibility index (Phi) is 7.94. The quantitative estimate of drug-likeness (QED) is 0.314. The maximum absolute atomic E-state index is 12.4. The van der Waals surface area contributed by atoms with Crippen molar-refractivity contribution >= 4 is 30.8 Å². The molecule has 0 radical (unpaired) electrons. The molecule has 0 aliphatic heterocycles. The van der Waals surface area contributed by atoms with E-state index in [-0.39, 0.29) is 25.6 Å². The highest BCUT2D eigenvalue weighted by molar-refractivity contribution is 7.78. The number of esters is 1. The first kappa shape index (κ1) is 22.7. The second-order valence-corrected chi connectivity index (χ2v) is 7.50. The Morgan fingerprint density at radius 2 is 1.61 bits per heavy atom. The molecule has 7 nitrogen and oxygen atoms in total. The summed E-state index contributed by atoms with van der Waals surface area (Å²) in [6, 6.07) is 14.9. The van der Waals surface area contributed by atoms with Crippen LogP contribution in [-0.4, -0.2) is 37.2 Å². The van der Waals surface area contributed by atoms with E-state index >= 15 is 0 Å². The molecule has 0 aromatic heterocycles. The Labute approximate surface area is 187 Å². The molecule has 0 bridgehead atoms. The van der Waals surface area contributed by atoms with E-state index in [2.05, 4.69) is 22.9 Å². The number of carbonyl (C=O) groups excluding carboxylic acids is 3. The second kappa shape index (κ2) is 10.9. The largest absolute Gasteiger partial charge is 0.466 e. The molecule has 0 spiro atoms. The zero-order valence-electron chi connectivity index (χ0n) is 17.3. The molecule has 1 atom stereocenters. The van der Waals surface area contributed by atoms with Gasteiger partial charge in [0.15, 0.2) is 0 Å². The summed E-state index contributed by atoms with van der Waals surface area (Å²) in [5, 5.41) is 2.44. The molecule has 1 aliphatic carbocycles. The van der Waals surface area contributed by atoms with E-state index in [0.29, 0.717) is 0 Å². The van der Waals surface area contributed by atoms with Crippen LogP contribution in [0, 0.1) is 0 Å². The van der Waals surface area contributed by atoms with E-state index in [1.165, 1.54) is 0 Å². The van der Waals surface area contributed by atoms with Gasteiger partial charge in [-0.3, -0.25) is 9.59 Å². The van der Waals surface area contributed by atoms with Crippen LogP contribution in [0.15, 0.2) is 48.5 Å². The zero-order chi connectivity index (χ0) is 22.2. The highest BCUT2D eigenvalue weighted by atomic mass is 32.1. The van der Waals surface area contributed by atoms with Crippen LogP contribution >= 0.6 is 12.8 Å². The molecule has 2 N–H and O–H groups in total. The van der Waals surface area contributed by atoms with Crippen molar-refractivity contribution in [3.05, 3.63) is 59.7 Å². The number of hydrogen-bond acceptors (Lipinski definition) is 6. The van der Waals surface area contributed by atoms with Crippen LogP contribution in [-0.2, 0) is 19.1 Å². The van der Waals surface area contributed by atoms with Gasteiger partial charge in [-0.1, -0.05) is 74.7 Å². The van der Waals surface area contributed by atoms with Gasteiger partial charge >= 0.3 is 12.1 Å². The maximum atomic E-state index is 12.4. The first-order valence-electron chi connectivity index (χ1n) is 10.3. The summed E-state index contributed by atoms with van der Waals surface area (Å²) in [4.78, 5) is 36.4. The number of rotatable bonds is 9. The number of nitrogens with one attached hydrogen (secondary N) is 2. The molecule has 2 aromatic rings. The Morgan fingerprint density at radius 1 is 1.00 bits per heavy atom. The Bertz CT molecular complexity index is 904. The average Bonchev–Trinajstić information content (AvgIpc) is 3.10. The number of alkyl carbamates (subject to hydrolysis) is 1. The van der Waals surface area contributed by atoms with Crippen LogP contribution in [0.25, 0.3) is 11.1 Å². The lowest BCUT2D eigenvalue weighted by molar-refractivity contribution is -0.145. The standard InChI is InChI=1S/C23H26N2O5S/c1-2-3-12-29-21(26)13-20(22(27)25-31)24-23(28)30-14-19-17-10-6-4-8-15(17)16-9-5-7-11-18(16)19/h4-11,19-20,31H,2-3,12-14H2,1H3,(H,24,28)(H,25,27)/t20-/m0/s1. The third kappa shape index (κ3) is 5.58. The summed E-state index contributed by atoms with van der Waals surface area (Å²) in [6.45, 7) is 2.36. The highest BCUT2D eigenvalue weighted by Gasteiger charge is 2.30. The molecule has 164 valence electrons. The van der Waals surface area contributed by atoms with Crippen LogP contribution in [0.1, 0.15) is 43.2 Å². The molecule has 0 fully saturated rings. The molecule has 0 unspecified atom stereocenters.